The molecule has 2 nitrogen and oxygen atoms in total. The Hall–Kier alpha value is -1.53. The second-order valence-electron chi connectivity index (χ2n) is 9.97. The average molecular weight is 437 g/mol. The summed E-state index contributed by atoms with van der Waals surface area (Å²) in [6.07, 6.45) is 14.4. The van der Waals surface area contributed by atoms with Gasteiger partial charge in [0.15, 0.2) is 0 Å². The van der Waals surface area contributed by atoms with Gasteiger partial charge in [0.1, 0.15) is 0 Å². The monoisotopic (exact) mass is 436 g/mol. The quantitative estimate of drug-likeness (QED) is 0.440. The zero-order valence-corrected chi connectivity index (χ0v) is 21.0. The largest absolute Gasteiger partial charge is 0.377 e. The van der Waals surface area contributed by atoms with E-state index in [0.717, 1.165) is 11.3 Å². The second-order valence-corrected chi connectivity index (χ2v) is 12.7. The predicted molar refractivity (Wildman–Crippen MR) is 141 cm³/mol. The molecule has 0 N–H and O–H groups in total. The van der Waals surface area contributed by atoms with Gasteiger partial charge < -0.3 is 9.80 Å². The highest BCUT2D eigenvalue weighted by molar-refractivity contribution is 7.67. The third kappa shape index (κ3) is 4.95. The maximum Gasteiger partial charge on any atom is 0.0447 e. The van der Waals surface area contributed by atoms with Crippen molar-refractivity contribution in [3.63, 3.8) is 0 Å². The zero-order chi connectivity index (χ0) is 21.8. The van der Waals surface area contributed by atoms with Gasteiger partial charge in [0.25, 0.3) is 0 Å². The third-order valence-electron chi connectivity index (χ3n) is 7.37. The van der Waals surface area contributed by atoms with E-state index in [1.807, 2.05) is 0 Å². The van der Waals surface area contributed by atoms with Gasteiger partial charge in [0.2, 0.25) is 0 Å². The fraction of sp³-hybridized carbons (Fsp3) is 0.571. The predicted octanol–water partition coefficient (Wildman–Crippen LogP) is 7.26. The van der Waals surface area contributed by atoms with Gasteiger partial charge in [-0.1, -0.05) is 76.8 Å². The molecule has 0 spiro atoms. The minimum Gasteiger partial charge on any atom is -0.377 e. The van der Waals surface area contributed by atoms with Crippen LogP contribution in [0.1, 0.15) is 64.2 Å². The molecule has 0 heterocycles. The minimum atomic E-state index is -0.154. The molecule has 2 aromatic carbocycles. The molecule has 4 rings (SSSR count). The van der Waals surface area contributed by atoms with Crippen molar-refractivity contribution in [2.45, 2.75) is 75.5 Å². The van der Waals surface area contributed by atoms with Gasteiger partial charge >= 0.3 is 0 Å². The highest BCUT2D eigenvalue weighted by Crippen LogP contribution is 2.57. The molecule has 2 aromatic rings. The smallest absolute Gasteiger partial charge is 0.0447 e. The molecule has 0 aromatic heterocycles. The summed E-state index contributed by atoms with van der Waals surface area (Å²) < 4.78 is 0. The molecule has 3 heteroatoms. The highest BCUT2D eigenvalue weighted by Gasteiger charge is 2.34. The first-order chi connectivity index (χ1) is 15.1. The molecule has 0 saturated heterocycles. The van der Waals surface area contributed by atoms with Crippen LogP contribution in [0.4, 0.5) is 11.4 Å². The summed E-state index contributed by atoms with van der Waals surface area (Å²) in [5.41, 5.74) is 7.46. The first-order valence-electron chi connectivity index (χ1n) is 12.4. The van der Waals surface area contributed by atoms with Crippen LogP contribution in [-0.4, -0.2) is 39.5 Å². The van der Waals surface area contributed by atoms with Gasteiger partial charge in [-0.05, 0) is 54.4 Å². The zero-order valence-electron chi connectivity index (χ0n) is 20.1. The highest BCUT2D eigenvalue weighted by atomic mass is 31.1. The Morgan fingerprint density at radius 2 is 1.13 bits per heavy atom. The average Bonchev–Trinajstić information content (AvgIpc) is 2.80. The van der Waals surface area contributed by atoms with Crippen molar-refractivity contribution in [3.05, 3.63) is 42.5 Å². The molecule has 0 atom stereocenters. The maximum absolute atomic E-state index is 2.52. The van der Waals surface area contributed by atoms with Crippen LogP contribution in [0.3, 0.4) is 0 Å². The van der Waals surface area contributed by atoms with Crippen molar-refractivity contribution in [1.82, 2.24) is 0 Å². The van der Waals surface area contributed by atoms with Crippen molar-refractivity contribution in [2.24, 2.45) is 0 Å². The van der Waals surface area contributed by atoms with Crippen LogP contribution in [0.5, 0.6) is 0 Å². The Morgan fingerprint density at radius 3 is 1.68 bits per heavy atom. The molecule has 31 heavy (non-hydrogen) atoms. The minimum absolute atomic E-state index is 0.154. The second kappa shape index (κ2) is 10.4. The van der Waals surface area contributed by atoms with E-state index < -0.39 is 0 Å². The lowest BCUT2D eigenvalue weighted by molar-refractivity contribution is 0.487. The number of nitrogens with zero attached hydrogens (tertiary/aromatic N) is 2. The Kier molecular flexibility index (Phi) is 7.59. The van der Waals surface area contributed by atoms with Crippen LogP contribution in [-0.2, 0) is 0 Å². The molecule has 0 radical (unpaired) electrons. The standard InChI is InChI=1S/C28H41N2P/c1-29(2)25-19-12-11-18-24(25)28-26(30(3)4)20-13-21-27(28)31(22-14-7-5-8-15-22)23-16-9-6-10-17-23/h11-13,18-23H,5-10,14-17H2,1-4H3. The molecule has 0 bridgehead atoms. The number of para-hydroxylation sites is 1. The summed E-state index contributed by atoms with van der Waals surface area (Å²) in [6.45, 7) is 0. The van der Waals surface area contributed by atoms with Gasteiger partial charge in [-0.2, -0.15) is 0 Å². The molecular weight excluding hydrogens is 395 g/mol. The number of benzene rings is 2. The Labute approximate surface area is 191 Å². The van der Waals surface area contributed by atoms with Gasteiger partial charge in [0, 0.05) is 50.7 Å². The first kappa shape index (κ1) is 22.7. The summed E-state index contributed by atoms with van der Waals surface area (Å²) in [7, 11) is 8.64. The maximum atomic E-state index is 2.52. The van der Waals surface area contributed by atoms with Crippen molar-refractivity contribution in [3.8, 4) is 11.1 Å². The van der Waals surface area contributed by atoms with Crippen molar-refractivity contribution >= 4 is 24.6 Å². The van der Waals surface area contributed by atoms with Crippen LogP contribution < -0.4 is 15.1 Å². The molecular formula is C28H41N2P. The Bertz CT molecular complexity index is 830. The van der Waals surface area contributed by atoms with E-state index in [9.17, 15) is 0 Å². The van der Waals surface area contributed by atoms with E-state index in [4.69, 9.17) is 0 Å². The van der Waals surface area contributed by atoms with Crippen molar-refractivity contribution < 1.29 is 0 Å². The van der Waals surface area contributed by atoms with Crippen LogP contribution in [0.15, 0.2) is 42.5 Å². The van der Waals surface area contributed by atoms with Gasteiger partial charge in [-0.25, -0.2) is 0 Å². The molecule has 168 valence electrons. The summed E-state index contributed by atoms with van der Waals surface area (Å²) in [6, 6.07) is 16.2. The van der Waals surface area contributed by atoms with E-state index in [-0.39, 0.29) is 7.92 Å². The van der Waals surface area contributed by atoms with E-state index in [2.05, 4.69) is 80.5 Å². The Morgan fingerprint density at radius 1 is 0.613 bits per heavy atom. The third-order valence-corrected chi connectivity index (χ3v) is 10.9. The van der Waals surface area contributed by atoms with Crippen LogP contribution in [0.2, 0.25) is 0 Å². The fourth-order valence-electron chi connectivity index (χ4n) is 5.88. The Balaban J connectivity index is 1.90. The van der Waals surface area contributed by atoms with Gasteiger partial charge in [0.05, 0.1) is 0 Å². The summed E-state index contributed by atoms with van der Waals surface area (Å²) in [5, 5.41) is 1.69. The number of anilines is 2. The van der Waals surface area contributed by atoms with Gasteiger partial charge in [-0.3, -0.25) is 0 Å². The summed E-state index contributed by atoms with van der Waals surface area (Å²) in [5.74, 6) is 0. The molecule has 2 aliphatic carbocycles. The summed E-state index contributed by atoms with van der Waals surface area (Å²) in [4.78, 5) is 4.62. The van der Waals surface area contributed by atoms with E-state index >= 15 is 0 Å². The fourth-order valence-corrected chi connectivity index (χ4v) is 9.85. The number of hydrogen-bond donors (Lipinski definition) is 0. The summed E-state index contributed by atoms with van der Waals surface area (Å²) >= 11 is 0. The van der Waals surface area contributed by atoms with E-state index in [0.29, 0.717) is 0 Å². The van der Waals surface area contributed by atoms with Crippen LogP contribution in [0, 0.1) is 0 Å². The first-order valence-corrected chi connectivity index (χ1v) is 13.9. The molecule has 2 saturated carbocycles. The molecule has 0 amide bonds. The van der Waals surface area contributed by atoms with E-state index in [1.165, 1.54) is 86.7 Å². The molecule has 0 unspecified atom stereocenters. The lowest BCUT2D eigenvalue weighted by Gasteiger charge is -2.40. The molecule has 2 fully saturated rings. The van der Waals surface area contributed by atoms with E-state index in [1.54, 1.807) is 5.30 Å². The van der Waals surface area contributed by atoms with Gasteiger partial charge in [-0.15, -0.1) is 0 Å². The van der Waals surface area contributed by atoms with Crippen molar-refractivity contribution in [2.75, 3.05) is 38.0 Å². The molecule has 2 aliphatic rings. The molecule has 0 aliphatic heterocycles. The normalized spacial score (nSPS) is 18.4. The lowest BCUT2D eigenvalue weighted by atomic mass is 9.99. The van der Waals surface area contributed by atoms with Crippen LogP contribution in [0.25, 0.3) is 11.1 Å². The topological polar surface area (TPSA) is 6.48 Å². The van der Waals surface area contributed by atoms with Crippen LogP contribution >= 0.6 is 7.92 Å². The lowest BCUT2D eigenvalue weighted by Crippen LogP contribution is -2.28. The number of rotatable bonds is 6. The SMILES string of the molecule is CN(C)c1ccccc1-c1c(N(C)C)cccc1P(C1CCCCC1)C1CCCCC1. The number of hydrogen-bond acceptors (Lipinski definition) is 2. The van der Waals surface area contributed by atoms with Crippen molar-refractivity contribution in [1.29, 1.82) is 0 Å².